The average Bonchev–Trinajstić information content (AvgIpc) is 2.71. The van der Waals surface area contributed by atoms with Crippen LogP contribution >= 0.6 is 0 Å². The zero-order chi connectivity index (χ0) is 20.9. The molecule has 0 bridgehead atoms. The highest BCUT2D eigenvalue weighted by atomic mass is 32.2. The largest absolute Gasteiger partial charge is 0.356 e. The van der Waals surface area contributed by atoms with Crippen LogP contribution in [0.3, 0.4) is 0 Å². The number of hydrogen-bond acceptors (Lipinski definition) is 7. The van der Waals surface area contributed by atoms with E-state index < -0.39 is 14.6 Å². The van der Waals surface area contributed by atoms with Crippen LogP contribution in [0.1, 0.15) is 20.3 Å². The molecule has 29 heavy (non-hydrogen) atoms. The molecule has 2 saturated heterocycles. The Labute approximate surface area is 174 Å². The SMILES string of the molecule is CN=C(NCCCN1CCN(c2ncccn2)CC1)N1CCS(=O)(=O)C(C)(C)C1. The van der Waals surface area contributed by atoms with E-state index in [1.54, 1.807) is 33.3 Å². The Hall–Kier alpha value is -1.94. The van der Waals surface area contributed by atoms with Crippen molar-refractivity contribution in [2.24, 2.45) is 4.99 Å². The van der Waals surface area contributed by atoms with Gasteiger partial charge in [-0.2, -0.15) is 0 Å². The van der Waals surface area contributed by atoms with Crippen LogP contribution in [0, 0.1) is 0 Å². The van der Waals surface area contributed by atoms with E-state index in [1.807, 2.05) is 6.07 Å². The van der Waals surface area contributed by atoms with Gasteiger partial charge in [0, 0.05) is 65.3 Å². The highest BCUT2D eigenvalue weighted by Gasteiger charge is 2.40. The molecule has 0 aromatic carbocycles. The zero-order valence-electron chi connectivity index (χ0n) is 17.7. The minimum Gasteiger partial charge on any atom is -0.356 e. The molecule has 0 saturated carbocycles. The molecule has 1 N–H and O–H groups in total. The van der Waals surface area contributed by atoms with Gasteiger partial charge in [0.1, 0.15) is 0 Å². The van der Waals surface area contributed by atoms with Gasteiger partial charge in [-0.1, -0.05) is 0 Å². The second-order valence-corrected chi connectivity index (χ2v) is 10.9. The first kappa shape index (κ1) is 21.8. The quantitative estimate of drug-likeness (QED) is 0.404. The van der Waals surface area contributed by atoms with E-state index in [-0.39, 0.29) is 5.75 Å². The molecule has 3 heterocycles. The number of aliphatic imine (C=N–C) groups is 1. The topological polar surface area (TPSA) is 94.0 Å². The van der Waals surface area contributed by atoms with E-state index in [1.165, 1.54) is 0 Å². The van der Waals surface area contributed by atoms with Crippen LogP contribution in [0.4, 0.5) is 5.95 Å². The van der Waals surface area contributed by atoms with Crippen LogP contribution in [0.2, 0.25) is 0 Å². The van der Waals surface area contributed by atoms with Gasteiger partial charge in [-0.05, 0) is 32.9 Å². The van der Waals surface area contributed by atoms with E-state index in [4.69, 9.17) is 0 Å². The van der Waals surface area contributed by atoms with Crippen LogP contribution in [0.15, 0.2) is 23.5 Å². The van der Waals surface area contributed by atoms with Crippen LogP contribution in [-0.4, -0.2) is 104 Å². The van der Waals surface area contributed by atoms with Gasteiger partial charge in [-0.15, -0.1) is 0 Å². The van der Waals surface area contributed by atoms with E-state index in [2.05, 4.69) is 35.0 Å². The number of hydrogen-bond donors (Lipinski definition) is 1. The summed E-state index contributed by atoms with van der Waals surface area (Å²) < 4.78 is 23.7. The number of rotatable bonds is 5. The van der Waals surface area contributed by atoms with Gasteiger partial charge < -0.3 is 15.1 Å². The summed E-state index contributed by atoms with van der Waals surface area (Å²) in [6.07, 6.45) is 4.58. The first-order valence-electron chi connectivity index (χ1n) is 10.2. The molecule has 2 fully saturated rings. The molecule has 162 valence electrons. The summed E-state index contributed by atoms with van der Waals surface area (Å²) in [5.74, 6) is 1.78. The van der Waals surface area contributed by atoms with Gasteiger partial charge in [0.05, 0.1) is 10.5 Å². The third kappa shape index (κ3) is 5.36. The number of guanidine groups is 1. The molecule has 0 atom stereocenters. The fraction of sp³-hybridized carbons (Fsp3) is 0.737. The second kappa shape index (κ2) is 9.25. The van der Waals surface area contributed by atoms with Crippen molar-refractivity contribution in [3.05, 3.63) is 18.5 Å². The molecule has 0 amide bonds. The third-order valence-corrected chi connectivity index (χ3v) is 8.23. The van der Waals surface area contributed by atoms with Crippen LogP contribution in [0.5, 0.6) is 0 Å². The molecule has 2 aliphatic heterocycles. The predicted molar refractivity (Wildman–Crippen MR) is 116 cm³/mol. The number of sulfone groups is 1. The molecule has 0 radical (unpaired) electrons. The summed E-state index contributed by atoms with van der Waals surface area (Å²) in [5.41, 5.74) is 0. The van der Waals surface area contributed by atoms with E-state index >= 15 is 0 Å². The van der Waals surface area contributed by atoms with Gasteiger partial charge in [0.2, 0.25) is 5.95 Å². The lowest BCUT2D eigenvalue weighted by Crippen LogP contribution is -2.57. The fourth-order valence-electron chi connectivity index (χ4n) is 3.79. The standard InChI is InChI=1S/C19H33N7O2S/c1-19(2)16-26(14-15-29(19,27)28)17(20-3)21-8-5-9-24-10-12-25(13-11-24)18-22-6-4-7-23-18/h4,6-7H,5,8-16H2,1-3H3,(H,20,21). The van der Waals surface area contributed by atoms with Crippen molar-refractivity contribution in [3.8, 4) is 0 Å². The van der Waals surface area contributed by atoms with Crippen molar-refractivity contribution in [3.63, 3.8) is 0 Å². The molecule has 0 unspecified atom stereocenters. The van der Waals surface area contributed by atoms with Crippen LogP contribution in [0.25, 0.3) is 0 Å². The molecule has 9 nitrogen and oxygen atoms in total. The lowest BCUT2D eigenvalue weighted by Gasteiger charge is -2.39. The summed E-state index contributed by atoms with van der Waals surface area (Å²) >= 11 is 0. The Balaban J connectivity index is 1.38. The number of piperazine rings is 1. The third-order valence-electron chi connectivity index (χ3n) is 5.70. The number of nitrogens with one attached hydrogen (secondary N) is 1. The Kier molecular flexibility index (Phi) is 6.94. The lowest BCUT2D eigenvalue weighted by molar-refractivity contribution is 0.253. The summed E-state index contributed by atoms with van der Waals surface area (Å²) in [5, 5.41) is 3.40. The molecular weight excluding hydrogens is 390 g/mol. The Morgan fingerprint density at radius 3 is 2.48 bits per heavy atom. The lowest BCUT2D eigenvalue weighted by atomic mass is 10.2. The summed E-state index contributed by atoms with van der Waals surface area (Å²) in [6.45, 7) is 10.3. The molecule has 0 aliphatic carbocycles. The van der Waals surface area contributed by atoms with Gasteiger partial charge in [0.25, 0.3) is 0 Å². The molecule has 2 aliphatic rings. The maximum atomic E-state index is 12.2. The van der Waals surface area contributed by atoms with Crippen LogP contribution < -0.4 is 10.2 Å². The van der Waals surface area contributed by atoms with E-state index in [0.29, 0.717) is 13.1 Å². The molecular formula is C19H33N7O2S. The summed E-state index contributed by atoms with van der Waals surface area (Å²) in [6, 6.07) is 1.84. The van der Waals surface area contributed by atoms with Crippen LogP contribution in [-0.2, 0) is 9.84 Å². The monoisotopic (exact) mass is 423 g/mol. The smallest absolute Gasteiger partial charge is 0.225 e. The molecule has 0 spiro atoms. The van der Waals surface area contributed by atoms with Crippen molar-refractivity contribution in [1.29, 1.82) is 0 Å². The highest BCUT2D eigenvalue weighted by molar-refractivity contribution is 7.92. The normalized spacial score (nSPS) is 22.5. The summed E-state index contributed by atoms with van der Waals surface area (Å²) in [7, 11) is -1.29. The number of nitrogens with zero attached hydrogens (tertiary/aromatic N) is 6. The first-order valence-corrected chi connectivity index (χ1v) is 11.9. The van der Waals surface area contributed by atoms with Crippen molar-refractivity contribution >= 4 is 21.7 Å². The average molecular weight is 424 g/mol. The van der Waals surface area contributed by atoms with Gasteiger partial charge >= 0.3 is 0 Å². The van der Waals surface area contributed by atoms with E-state index in [9.17, 15) is 8.42 Å². The Morgan fingerprint density at radius 1 is 1.17 bits per heavy atom. The predicted octanol–water partition coefficient (Wildman–Crippen LogP) is 0.0731. The van der Waals surface area contributed by atoms with Gasteiger partial charge in [-0.25, -0.2) is 18.4 Å². The van der Waals surface area contributed by atoms with Gasteiger partial charge in [-0.3, -0.25) is 9.89 Å². The Bertz CT molecular complexity index is 790. The minimum atomic E-state index is -3.04. The van der Waals surface area contributed by atoms with E-state index in [0.717, 1.165) is 57.6 Å². The zero-order valence-corrected chi connectivity index (χ0v) is 18.5. The molecule has 3 rings (SSSR count). The number of anilines is 1. The van der Waals surface area contributed by atoms with Gasteiger partial charge in [0.15, 0.2) is 15.8 Å². The fourth-order valence-corrected chi connectivity index (χ4v) is 5.15. The molecule has 1 aromatic heterocycles. The molecule has 10 heteroatoms. The maximum absolute atomic E-state index is 12.2. The minimum absolute atomic E-state index is 0.177. The maximum Gasteiger partial charge on any atom is 0.225 e. The number of aromatic nitrogens is 2. The van der Waals surface area contributed by atoms with Crippen molar-refractivity contribution in [2.75, 3.05) is 70.1 Å². The Morgan fingerprint density at radius 2 is 1.86 bits per heavy atom. The highest BCUT2D eigenvalue weighted by Crippen LogP contribution is 2.23. The van der Waals surface area contributed by atoms with Crippen molar-refractivity contribution < 1.29 is 8.42 Å². The molecule has 1 aromatic rings. The second-order valence-electron chi connectivity index (χ2n) is 8.21. The van der Waals surface area contributed by atoms with Crippen molar-refractivity contribution in [2.45, 2.75) is 25.0 Å². The van der Waals surface area contributed by atoms with Crippen molar-refractivity contribution in [1.82, 2.24) is 25.1 Å². The summed E-state index contributed by atoms with van der Waals surface area (Å²) in [4.78, 5) is 19.7. The first-order chi connectivity index (χ1) is 13.8.